The van der Waals surface area contributed by atoms with Crippen molar-refractivity contribution in [2.75, 3.05) is 10.0 Å². The van der Waals surface area contributed by atoms with Crippen LogP contribution in [-0.4, -0.2) is 14.3 Å². The highest BCUT2D eigenvalue weighted by Crippen LogP contribution is 2.23. The molecule has 0 fully saturated rings. The van der Waals surface area contributed by atoms with E-state index in [2.05, 4.69) is 10.0 Å². The molecule has 0 saturated heterocycles. The van der Waals surface area contributed by atoms with Crippen molar-refractivity contribution in [1.29, 1.82) is 5.26 Å². The molecule has 2 aromatic rings. The molecule has 2 rings (SSSR count). The minimum atomic E-state index is -3.81. The predicted molar refractivity (Wildman–Crippen MR) is 87.7 cm³/mol. The molecule has 0 aliphatic carbocycles. The zero-order chi connectivity index (χ0) is 17.0. The van der Waals surface area contributed by atoms with Crippen LogP contribution < -0.4 is 10.0 Å². The Balaban J connectivity index is 2.25. The van der Waals surface area contributed by atoms with Crippen molar-refractivity contribution >= 4 is 38.9 Å². The number of sulfonamides is 1. The summed E-state index contributed by atoms with van der Waals surface area (Å²) in [5, 5.41) is 11.7. The van der Waals surface area contributed by atoms with Gasteiger partial charge in [-0.1, -0.05) is 11.6 Å². The van der Waals surface area contributed by atoms with Crippen LogP contribution in [-0.2, 0) is 14.8 Å². The van der Waals surface area contributed by atoms with Gasteiger partial charge in [-0.2, -0.15) is 5.26 Å². The Morgan fingerprint density at radius 1 is 1.13 bits per heavy atom. The van der Waals surface area contributed by atoms with Crippen LogP contribution in [0.5, 0.6) is 0 Å². The maximum Gasteiger partial charge on any atom is 0.261 e. The molecule has 0 bridgehead atoms. The maximum absolute atomic E-state index is 12.3. The number of carbonyl (C=O) groups excluding carboxylic acids is 1. The second-order valence-electron chi connectivity index (χ2n) is 4.62. The Morgan fingerprint density at radius 3 is 2.30 bits per heavy atom. The number of nitrogens with one attached hydrogen (secondary N) is 2. The molecule has 0 heterocycles. The maximum atomic E-state index is 12.3. The third-order valence-electron chi connectivity index (χ3n) is 2.82. The van der Waals surface area contributed by atoms with E-state index in [4.69, 9.17) is 16.9 Å². The van der Waals surface area contributed by atoms with Gasteiger partial charge in [0.1, 0.15) is 6.07 Å². The molecule has 0 saturated carbocycles. The van der Waals surface area contributed by atoms with Crippen LogP contribution in [0.3, 0.4) is 0 Å². The molecule has 0 unspecified atom stereocenters. The molecule has 0 aliphatic heterocycles. The topological polar surface area (TPSA) is 99.1 Å². The fourth-order valence-electron chi connectivity index (χ4n) is 1.81. The first-order chi connectivity index (χ1) is 10.8. The van der Waals surface area contributed by atoms with Crippen molar-refractivity contribution in [3.63, 3.8) is 0 Å². The molecule has 118 valence electrons. The number of anilines is 2. The van der Waals surface area contributed by atoms with Crippen molar-refractivity contribution in [2.24, 2.45) is 0 Å². The van der Waals surface area contributed by atoms with Crippen molar-refractivity contribution in [3.8, 4) is 6.07 Å². The van der Waals surface area contributed by atoms with E-state index in [-0.39, 0.29) is 27.1 Å². The van der Waals surface area contributed by atoms with Crippen LogP contribution in [0.1, 0.15) is 12.5 Å². The molecule has 0 aliphatic rings. The number of halogens is 1. The molecular formula is C15H12ClN3O3S. The van der Waals surface area contributed by atoms with E-state index < -0.39 is 10.0 Å². The van der Waals surface area contributed by atoms with Gasteiger partial charge in [-0.25, -0.2) is 8.42 Å². The van der Waals surface area contributed by atoms with Gasteiger partial charge in [-0.3, -0.25) is 9.52 Å². The van der Waals surface area contributed by atoms with Gasteiger partial charge in [0, 0.05) is 12.6 Å². The number of nitriles is 1. The van der Waals surface area contributed by atoms with Crippen LogP contribution in [0.4, 0.5) is 11.4 Å². The Bertz CT molecular complexity index is 887. The number of benzene rings is 2. The number of amides is 1. The normalized spacial score (nSPS) is 10.7. The largest absolute Gasteiger partial charge is 0.326 e. The molecule has 0 spiro atoms. The van der Waals surface area contributed by atoms with Gasteiger partial charge in [0.25, 0.3) is 10.0 Å². The average Bonchev–Trinajstić information content (AvgIpc) is 2.49. The summed E-state index contributed by atoms with van der Waals surface area (Å²) >= 11 is 5.81. The quantitative estimate of drug-likeness (QED) is 0.886. The zero-order valence-corrected chi connectivity index (χ0v) is 13.6. The van der Waals surface area contributed by atoms with Crippen LogP contribution >= 0.6 is 11.6 Å². The molecule has 0 atom stereocenters. The average molecular weight is 350 g/mol. The summed E-state index contributed by atoms with van der Waals surface area (Å²) in [5.74, 6) is -0.246. The van der Waals surface area contributed by atoms with E-state index in [0.29, 0.717) is 5.69 Å². The van der Waals surface area contributed by atoms with Crippen LogP contribution in [0, 0.1) is 11.3 Å². The lowest BCUT2D eigenvalue weighted by Crippen LogP contribution is -2.13. The molecule has 0 aromatic heterocycles. The lowest BCUT2D eigenvalue weighted by atomic mass is 10.2. The van der Waals surface area contributed by atoms with E-state index in [1.807, 2.05) is 6.07 Å². The van der Waals surface area contributed by atoms with E-state index in [1.165, 1.54) is 49.4 Å². The predicted octanol–water partition coefficient (Wildman–Crippen LogP) is 2.97. The van der Waals surface area contributed by atoms with E-state index in [0.717, 1.165) is 0 Å². The monoisotopic (exact) mass is 349 g/mol. The fourth-order valence-corrected chi connectivity index (χ4v) is 3.02. The van der Waals surface area contributed by atoms with Gasteiger partial charge in [0.15, 0.2) is 0 Å². The summed E-state index contributed by atoms with van der Waals surface area (Å²) in [4.78, 5) is 11.0. The number of carbonyl (C=O) groups is 1. The minimum absolute atomic E-state index is 0.0278. The second kappa shape index (κ2) is 6.69. The highest BCUT2D eigenvalue weighted by atomic mass is 35.5. The summed E-state index contributed by atoms with van der Waals surface area (Å²) in [5.41, 5.74) is 0.902. The highest BCUT2D eigenvalue weighted by Gasteiger charge is 2.15. The van der Waals surface area contributed by atoms with Gasteiger partial charge in [0.05, 0.1) is 21.2 Å². The molecule has 2 aromatic carbocycles. The molecule has 8 heteroatoms. The summed E-state index contributed by atoms with van der Waals surface area (Å²) in [6.45, 7) is 1.36. The van der Waals surface area contributed by atoms with Gasteiger partial charge < -0.3 is 5.32 Å². The molecule has 2 N–H and O–H groups in total. The summed E-state index contributed by atoms with van der Waals surface area (Å²) in [6, 6.07) is 11.8. The SMILES string of the molecule is CC(=O)Nc1ccc(S(=O)(=O)Nc2ccc(Cl)c(C#N)c2)cc1. The number of hydrogen-bond donors (Lipinski definition) is 2. The van der Waals surface area contributed by atoms with Gasteiger partial charge >= 0.3 is 0 Å². The van der Waals surface area contributed by atoms with E-state index >= 15 is 0 Å². The Hall–Kier alpha value is -2.56. The summed E-state index contributed by atoms with van der Waals surface area (Å²) in [6.07, 6.45) is 0. The Labute approximate surface area is 138 Å². The minimum Gasteiger partial charge on any atom is -0.326 e. The third-order valence-corrected chi connectivity index (χ3v) is 4.55. The first-order valence-electron chi connectivity index (χ1n) is 6.42. The zero-order valence-electron chi connectivity index (χ0n) is 12.0. The van der Waals surface area contributed by atoms with Crippen LogP contribution in [0.15, 0.2) is 47.4 Å². The van der Waals surface area contributed by atoms with Gasteiger partial charge in [-0.05, 0) is 42.5 Å². The molecule has 0 radical (unpaired) electrons. The number of hydrogen-bond acceptors (Lipinski definition) is 4. The Morgan fingerprint density at radius 2 is 1.74 bits per heavy atom. The van der Waals surface area contributed by atoms with Crippen molar-refractivity contribution in [3.05, 3.63) is 53.1 Å². The van der Waals surface area contributed by atoms with Crippen molar-refractivity contribution < 1.29 is 13.2 Å². The first-order valence-corrected chi connectivity index (χ1v) is 8.28. The number of nitrogens with zero attached hydrogens (tertiary/aromatic N) is 1. The summed E-state index contributed by atoms with van der Waals surface area (Å²) < 4.78 is 27.0. The Kier molecular flexibility index (Phi) is 4.89. The van der Waals surface area contributed by atoms with Crippen molar-refractivity contribution in [2.45, 2.75) is 11.8 Å². The molecule has 23 heavy (non-hydrogen) atoms. The van der Waals surface area contributed by atoms with Gasteiger partial charge in [-0.15, -0.1) is 0 Å². The summed E-state index contributed by atoms with van der Waals surface area (Å²) in [7, 11) is -3.81. The first kappa shape index (κ1) is 16.8. The van der Waals surface area contributed by atoms with Gasteiger partial charge in [0.2, 0.25) is 5.91 Å². The lowest BCUT2D eigenvalue weighted by molar-refractivity contribution is -0.114. The third kappa shape index (κ3) is 4.22. The van der Waals surface area contributed by atoms with E-state index in [9.17, 15) is 13.2 Å². The molecule has 1 amide bonds. The molecular weight excluding hydrogens is 338 g/mol. The highest BCUT2D eigenvalue weighted by molar-refractivity contribution is 7.92. The smallest absolute Gasteiger partial charge is 0.261 e. The fraction of sp³-hybridized carbons (Fsp3) is 0.0667. The van der Waals surface area contributed by atoms with Crippen LogP contribution in [0.2, 0.25) is 5.02 Å². The van der Waals surface area contributed by atoms with E-state index in [1.54, 1.807) is 0 Å². The van der Waals surface area contributed by atoms with Crippen molar-refractivity contribution in [1.82, 2.24) is 0 Å². The number of rotatable bonds is 4. The van der Waals surface area contributed by atoms with Crippen LogP contribution in [0.25, 0.3) is 0 Å². The lowest BCUT2D eigenvalue weighted by Gasteiger charge is -2.09. The molecule has 6 nitrogen and oxygen atoms in total. The second-order valence-corrected chi connectivity index (χ2v) is 6.71. The standard InChI is InChI=1S/C15H12ClN3O3S/c1-10(20)18-12-2-5-14(6-3-12)23(21,22)19-13-4-7-15(16)11(8-13)9-17/h2-8,19H,1H3,(H,18,20).